The Kier molecular flexibility index (Phi) is 5.80. The highest BCUT2D eigenvalue weighted by Crippen LogP contribution is 2.20. The van der Waals surface area contributed by atoms with Crippen LogP contribution in [-0.4, -0.2) is 32.4 Å². The van der Waals surface area contributed by atoms with Crippen molar-refractivity contribution in [3.05, 3.63) is 64.7 Å². The molecular formula is C21H28N2O2S. The number of hydrogen-bond donors (Lipinski definition) is 1. The van der Waals surface area contributed by atoms with Crippen molar-refractivity contribution in [3.63, 3.8) is 0 Å². The number of hydrogen-bond acceptors (Lipinski definition) is 3. The number of benzene rings is 2. The Morgan fingerprint density at radius 2 is 1.69 bits per heavy atom. The van der Waals surface area contributed by atoms with Gasteiger partial charge in [-0.3, -0.25) is 4.90 Å². The Morgan fingerprint density at radius 3 is 2.35 bits per heavy atom. The lowest BCUT2D eigenvalue weighted by Gasteiger charge is -2.32. The molecule has 140 valence electrons. The van der Waals surface area contributed by atoms with Gasteiger partial charge < -0.3 is 0 Å². The molecule has 1 aliphatic heterocycles. The Bertz CT molecular complexity index is 869. The van der Waals surface area contributed by atoms with E-state index >= 15 is 0 Å². The molecule has 1 N–H and O–H groups in total. The summed E-state index contributed by atoms with van der Waals surface area (Å²) in [5.74, 6) is 0. The standard InChI is InChI=1S/C21H28N2O2S/c1-16-8-9-21(18(3)14-16)26(24,25)22-20-10-12-23(13-11-20)15-19-7-5-4-6-17(19)2/h4-9,14,20,22H,10-13,15H2,1-3H3. The summed E-state index contributed by atoms with van der Waals surface area (Å²) in [7, 11) is -3.46. The topological polar surface area (TPSA) is 49.4 Å². The first-order valence-corrected chi connectivity index (χ1v) is 10.7. The fraction of sp³-hybridized carbons (Fsp3) is 0.429. The van der Waals surface area contributed by atoms with Crippen LogP contribution in [0.3, 0.4) is 0 Å². The SMILES string of the molecule is Cc1ccc(S(=O)(=O)NC2CCN(Cc3ccccc3C)CC2)c(C)c1. The molecule has 0 spiro atoms. The van der Waals surface area contributed by atoms with Gasteiger partial charge in [0.1, 0.15) is 0 Å². The van der Waals surface area contributed by atoms with Gasteiger partial charge in [-0.2, -0.15) is 0 Å². The molecule has 1 heterocycles. The van der Waals surface area contributed by atoms with E-state index in [9.17, 15) is 8.42 Å². The zero-order valence-corrected chi connectivity index (χ0v) is 16.6. The lowest BCUT2D eigenvalue weighted by Crippen LogP contribution is -2.44. The predicted molar refractivity (Wildman–Crippen MR) is 106 cm³/mol. The maximum absolute atomic E-state index is 12.7. The zero-order chi connectivity index (χ0) is 18.7. The minimum absolute atomic E-state index is 0.00817. The van der Waals surface area contributed by atoms with Crippen molar-refractivity contribution in [3.8, 4) is 0 Å². The van der Waals surface area contributed by atoms with Gasteiger partial charge >= 0.3 is 0 Å². The first kappa shape index (κ1) is 19.1. The second kappa shape index (κ2) is 7.91. The lowest BCUT2D eigenvalue weighted by molar-refractivity contribution is 0.199. The maximum atomic E-state index is 12.7. The van der Waals surface area contributed by atoms with Crippen LogP contribution in [0, 0.1) is 20.8 Å². The molecule has 0 atom stereocenters. The van der Waals surface area contributed by atoms with Crippen LogP contribution in [0.15, 0.2) is 47.4 Å². The highest BCUT2D eigenvalue weighted by Gasteiger charge is 2.25. The third-order valence-corrected chi connectivity index (χ3v) is 6.87. The molecule has 0 radical (unpaired) electrons. The van der Waals surface area contributed by atoms with E-state index in [1.54, 1.807) is 6.07 Å². The molecule has 2 aromatic rings. The fourth-order valence-corrected chi connectivity index (χ4v) is 5.15. The highest BCUT2D eigenvalue weighted by molar-refractivity contribution is 7.89. The number of rotatable bonds is 5. The minimum atomic E-state index is -3.46. The summed E-state index contributed by atoms with van der Waals surface area (Å²) < 4.78 is 28.4. The number of aryl methyl sites for hydroxylation is 3. The van der Waals surface area contributed by atoms with Gasteiger partial charge in [0.05, 0.1) is 4.90 Å². The van der Waals surface area contributed by atoms with Gasteiger partial charge in [-0.05, 0) is 56.4 Å². The van der Waals surface area contributed by atoms with Crippen LogP contribution in [0.4, 0.5) is 0 Å². The van der Waals surface area contributed by atoms with Crippen molar-refractivity contribution in [2.45, 2.75) is 51.1 Å². The van der Waals surface area contributed by atoms with E-state index in [0.29, 0.717) is 4.90 Å². The lowest BCUT2D eigenvalue weighted by atomic mass is 10.0. The van der Waals surface area contributed by atoms with Crippen molar-refractivity contribution in [1.29, 1.82) is 0 Å². The second-order valence-corrected chi connectivity index (χ2v) is 9.05. The van der Waals surface area contributed by atoms with Gasteiger partial charge in [0.15, 0.2) is 0 Å². The number of nitrogens with one attached hydrogen (secondary N) is 1. The molecule has 0 aliphatic carbocycles. The average Bonchev–Trinajstić information content (AvgIpc) is 2.58. The van der Waals surface area contributed by atoms with Crippen LogP contribution in [0.2, 0.25) is 0 Å². The molecule has 3 rings (SSSR count). The van der Waals surface area contributed by atoms with Crippen LogP contribution >= 0.6 is 0 Å². The monoisotopic (exact) mass is 372 g/mol. The Labute approximate surface area is 157 Å². The largest absolute Gasteiger partial charge is 0.299 e. The minimum Gasteiger partial charge on any atom is -0.299 e. The molecule has 0 amide bonds. The van der Waals surface area contributed by atoms with Crippen molar-refractivity contribution in [1.82, 2.24) is 9.62 Å². The summed E-state index contributed by atoms with van der Waals surface area (Å²) >= 11 is 0. The number of likely N-dealkylation sites (tertiary alicyclic amines) is 1. The molecule has 0 aromatic heterocycles. The fourth-order valence-electron chi connectivity index (χ4n) is 3.62. The Balaban J connectivity index is 1.59. The van der Waals surface area contributed by atoms with Crippen LogP contribution < -0.4 is 4.72 Å². The number of sulfonamides is 1. The summed E-state index contributed by atoms with van der Waals surface area (Å²) in [5.41, 5.74) is 4.53. The quantitative estimate of drug-likeness (QED) is 0.873. The summed E-state index contributed by atoms with van der Waals surface area (Å²) in [4.78, 5) is 2.80. The molecule has 2 aromatic carbocycles. The van der Waals surface area contributed by atoms with E-state index in [4.69, 9.17) is 0 Å². The van der Waals surface area contributed by atoms with E-state index in [1.807, 2.05) is 26.0 Å². The Hall–Kier alpha value is -1.69. The van der Waals surface area contributed by atoms with Gasteiger partial charge in [0, 0.05) is 25.7 Å². The predicted octanol–water partition coefficient (Wildman–Crippen LogP) is 3.55. The Morgan fingerprint density at radius 1 is 1.00 bits per heavy atom. The van der Waals surface area contributed by atoms with E-state index in [-0.39, 0.29) is 6.04 Å². The van der Waals surface area contributed by atoms with E-state index in [1.165, 1.54) is 11.1 Å². The van der Waals surface area contributed by atoms with Crippen molar-refractivity contribution in [2.75, 3.05) is 13.1 Å². The average molecular weight is 373 g/mol. The normalized spacial score (nSPS) is 16.7. The molecule has 4 nitrogen and oxygen atoms in total. The van der Waals surface area contributed by atoms with Crippen LogP contribution in [0.5, 0.6) is 0 Å². The van der Waals surface area contributed by atoms with E-state index in [2.05, 4.69) is 40.8 Å². The number of nitrogens with zero attached hydrogens (tertiary/aromatic N) is 1. The van der Waals surface area contributed by atoms with Crippen molar-refractivity contribution >= 4 is 10.0 Å². The third-order valence-electron chi connectivity index (χ3n) is 5.18. The van der Waals surface area contributed by atoms with E-state index in [0.717, 1.165) is 43.6 Å². The van der Waals surface area contributed by atoms with E-state index < -0.39 is 10.0 Å². The summed E-state index contributed by atoms with van der Waals surface area (Å²) in [6.07, 6.45) is 1.69. The highest BCUT2D eigenvalue weighted by atomic mass is 32.2. The molecule has 1 aliphatic rings. The first-order chi connectivity index (χ1) is 12.3. The molecule has 0 unspecified atom stereocenters. The maximum Gasteiger partial charge on any atom is 0.241 e. The van der Waals surface area contributed by atoms with Crippen LogP contribution in [0.25, 0.3) is 0 Å². The molecule has 26 heavy (non-hydrogen) atoms. The summed E-state index contributed by atoms with van der Waals surface area (Å²) in [6.45, 7) is 8.72. The molecule has 5 heteroatoms. The molecule has 0 saturated carbocycles. The van der Waals surface area contributed by atoms with Crippen molar-refractivity contribution < 1.29 is 8.42 Å². The van der Waals surface area contributed by atoms with Crippen LogP contribution in [-0.2, 0) is 16.6 Å². The first-order valence-electron chi connectivity index (χ1n) is 9.21. The third kappa shape index (κ3) is 4.53. The number of piperidine rings is 1. The smallest absolute Gasteiger partial charge is 0.241 e. The second-order valence-electron chi connectivity index (χ2n) is 7.37. The van der Waals surface area contributed by atoms with Gasteiger partial charge in [-0.1, -0.05) is 42.0 Å². The van der Waals surface area contributed by atoms with Gasteiger partial charge in [0.25, 0.3) is 0 Å². The summed E-state index contributed by atoms with van der Waals surface area (Å²) in [6, 6.07) is 13.9. The molecular weight excluding hydrogens is 344 g/mol. The van der Waals surface area contributed by atoms with Gasteiger partial charge in [0.2, 0.25) is 10.0 Å². The molecule has 1 fully saturated rings. The van der Waals surface area contributed by atoms with Crippen LogP contribution in [0.1, 0.15) is 35.1 Å². The molecule has 0 bridgehead atoms. The summed E-state index contributed by atoms with van der Waals surface area (Å²) in [5, 5.41) is 0. The van der Waals surface area contributed by atoms with Gasteiger partial charge in [-0.25, -0.2) is 13.1 Å². The van der Waals surface area contributed by atoms with Crippen molar-refractivity contribution in [2.24, 2.45) is 0 Å². The molecule has 1 saturated heterocycles. The zero-order valence-electron chi connectivity index (χ0n) is 15.8. The van der Waals surface area contributed by atoms with Gasteiger partial charge in [-0.15, -0.1) is 0 Å².